The molecule has 0 amide bonds. The van der Waals surface area contributed by atoms with E-state index >= 15 is 0 Å². The number of aromatic nitrogens is 3. The van der Waals surface area contributed by atoms with Crippen LogP contribution >= 0.6 is 11.6 Å². The molecule has 3 heterocycles. The van der Waals surface area contributed by atoms with E-state index in [2.05, 4.69) is 21.5 Å². The Bertz CT molecular complexity index is 1540. The SMILES string of the molecule is C=C/C=C(\N=C(/C)N(CCO)CCCO)c1cncc(-c2cc(-c3cc(Cl)ccc3F)nc3ncccc23)c1. The van der Waals surface area contributed by atoms with Crippen LogP contribution in [0.15, 0.2) is 84.8 Å². The second-order valence-corrected chi connectivity index (χ2v) is 9.19. The number of aliphatic hydroxyl groups excluding tert-OH is 2. The lowest BCUT2D eigenvalue weighted by molar-refractivity contribution is 0.229. The molecule has 3 aromatic heterocycles. The third-order valence-corrected chi connectivity index (χ3v) is 6.34. The van der Waals surface area contributed by atoms with Gasteiger partial charge in [0, 0.05) is 65.4 Å². The molecule has 9 heteroatoms. The first kappa shape index (κ1) is 28.0. The van der Waals surface area contributed by atoms with Crippen molar-refractivity contribution in [3.63, 3.8) is 0 Å². The molecule has 2 N–H and O–H groups in total. The quantitative estimate of drug-likeness (QED) is 0.149. The van der Waals surface area contributed by atoms with Gasteiger partial charge in [0.1, 0.15) is 11.7 Å². The van der Waals surface area contributed by atoms with Crippen LogP contribution in [0.1, 0.15) is 18.9 Å². The summed E-state index contributed by atoms with van der Waals surface area (Å²) in [4.78, 5) is 20.2. The zero-order valence-corrected chi connectivity index (χ0v) is 22.3. The highest BCUT2D eigenvalue weighted by molar-refractivity contribution is 6.30. The molecule has 0 aliphatic carbocycles. The van der Waals surface area contributed by atoms with Crippen molar-refractivity contribution in [1.29, 1.82) is 0 Å². The summed E-state index contributed by atoms with van der Waals surface area (Å²) in [6.45, 7) is 6.66. The van der Waals surface area contributed by atoms with Gasteiger partial charge in [0.25, 0.3) is 0 Å². The highest BCUT2D eigenvalue weighted by atomic mass is 35.5. The minimum absolute atomic E-state index is 0.0332. The molecular weight excluding hydrogens is 517 g/mol. The summed E-state index contributed by atoms with van der Waals surface area (Å²) in [6, 6.07) is 11.8. The van der Waals surface area contributed by atoms with Crippen molar-refractivity contribution in [1.82, 2.24) is 19.9 Å². The maximum atomic E-state index is 14.8. The standard InChI is InChI=1S/C30H29ClFN5O2/c1-3-6-28(35-20(2)37(12-14-39)11-5-13-38)22-15-21(18-33-19-22)25-17-29(26-16-23(31)8-9-27(26)32)36-30-24(25)7-4-10-34-30/h3-4,6-10,15-19,38-39H,1,5,11-14H2,2H3/b28-6-,35-20+. The zero-order chi connectivity index (χ0) is 27.8. The minimum Gasteiger partial charge on any atom is -0.396 e. The molecular formula is C30H29ClFN5O2. The molecule has 39 heavy (non-hydrogen) atoms. The Balaban J connectivity index is 1.82. The number of amidine groups is 1. The van der Waals surface area contributed by atoms with Crippen molar-refractivity contribution in [2.45, 2.75) is 13.3 Å². The summed E-state index contributed by atoms with van der Waals surface area (Å²) in [6.07, 6.45) is 9.07. The number of hydrogen-bond acceptors (Lipinski definition) is 6. The van der Waals surface area contributed by atoms with Crippen molar-refractivity contribution in [3.05, 3.63) is 96.2 Å². The number of nitrogens with zero attached hydrogens (tertiary/aromatic N) is 5. The van der Waals surface area contributed by atoms with E-state index in [0.717, 1.165) is 22.1 Å². The molecule has 0 radical (unpaired) electrons. The fourth-order valence-corrected chi connectivity index (χ4v) is 4.40. The summed E-state index contributed by atoms with van der Waals surface area (Å²) >= 11 is 6.16. The van der Waals surface area contributed by atoms with Gasteiger partial charge in [-0.3, -0.25) is 4.98 Å². The van der Waals surface area contributed by atoms with Crippen LogP contribution in [0.2, 0.25) is 5.02 Å². The molecule has 200 valence electrons. The molecule has 0 unspecified atom stereocenters. The van der Waals surface area contributed by atoms with Crippen LogP contribution in [0.4, 0.5) is 4.39 Å². The Labute approximate surface area is 231 Å². The van der Waals surface area contributed by atoms with Crippen LogP contribution in [0, 0.1) is 5.82 Å². The second-order valence-electron chi connectivity index (χ2n) is 8.75. The highest BCUT2D eigenvalue weighted by Gasteiger charge is 2.15. The molecule has 0 aliphatic rings. The van der Waals surface area contributed by atoms with E-state index < -0.39 is 5.82 Å². The molecule has 0 fully saturated rings. The molecule has 0 saturated heterocycles. The Hall–Kier alpha value is -3.98. The van der Waals surface area contributed by atoms with E-state index in [4.69, 9.17) is 16.6 Å². The molecule has 0 aliphatic heterocycles. The third-order valence-electron chi connectivity index (χ3n) is 6.11. The molecule has 4 rings (SSSR count). The minimum atomic E-state index is -0.436. The van der Waals surface area contributed by atoms with Gasteiger partial charge < -0.3 is 15.1 Å². The third kappa shape index (κ3) is 6.72. The number of aliphatic hydroxyl groups is 2. The van der Waals surface area contributed by atoms with Gasteiger partial charge in [0.05, 0.1) is 18.0 Å². The highest BCUT2D eigenvalue weighted by Crippen LogP contribution is 2.34. The summed E-state index contributed by atoms with van der Waals surface area (Å²) in [7, 11) is 0. The van der Waals surface area contributed by atoms with E-state index in [-0.39, 0.29) is 18.8 Å². The van der Waals surface area contributed by atoms with Crippen LogP contribution in [0.5, 0.6) is 0 Å². The Kier molecular flexibility index (Phi) is 9.49. The largest absolute Gasteiger partial charge is 0.396 e. The van der Waals surface area contributed by atoms with Crippen LogP contribution in [-0.4, -0.2) is 62.2 Å². The lowest BCUT2D eigenvalue weighted by Crippen LogP contribution is -2.33. The van der Waals surface area contributed by atoms with Gasteiger partial charge in [-0.25, -0.2) is 19.4 Å². The summed E-state index contributed by atoms with van der Waals surface area (Å²) in [5.74, 6) is 0.253. The lowest BCUT2D eigenvalue weighted by atomic mass is 9.99. The van der Waals surface area contributed by atoms with Gasteiger partial charge in [0.15, 0.2) is 5.65 Å². The van der Waals surface area contributed by atoms with Crippen molar-refractivity contribution in [3.8, 4) is 22.4 Å². The van der Waals surface area contributed by atoms with E-state index in [1.807, 2.05) is 36.1 Å². The van der Waals surface area contributed by atoms with Gasteiger partial charge >= 0.3 is 0 Å². The number of benzene rings is 1. The molecule has 0 bridgehead atoms. The van der Waals surface area contributed by atoms with Crippen LogP contribution in [0.25, 0.3) is 39.1 Å². The summed E-state index contributed by atoms with van der Waals surface area (Å²) in [5, 5.41) is 19.9. The van der Waals surface area contributed by atoms with Crippen molar-refractivity contribution in [2.75, 3.05) is 26.3 Å². The Morgan fingerprint density at radius 1 is 1.10 bits per heavy atom. The van der Waals surface area contributed by atoms with E-state index in [0.29, 0.717) is 47.4 Å². The van der Waals surface area contributed by atoms with Crippen LogP contribution in [0.3, 0.4) is 0 Å². The van der Waals surface area contributed by atoms with Crippen LogP contribution in [-0.2, 0) is 0 Å². The average Bonchev–Trinajstić information content (AvgIpc) is 2.95. The van der Waals surface area contributed by atoms with Crippen molar-refractivity contribution in [2.24, 2.45) is 4.99 Å². The molecule has 7 nitrogen and oxygen atoms in total. The molecule has 0 saturated carbocycles. The fraction of sp³-hybridized carbons (Fsp3) is 0.200. The number of fused-ring (bicyclic) bond motifs is 1. The van der Waals surface area contributed by atoms with E-state index in [9.17, 15) is 14.6 Å². The lowest BCUT2D eigenvalue weighted by Gasteiger charge is -2.23. The van der Waals surface area contributed by atoms with Crippen molar-refractivity contribution < 1.29 is 14.6 Å². The van der Waals surface area contributed by atoms with Gasteiger partial charge in [-0.1, -0.05) is 24.3 Å². The molecule has 1 aromatic carbocycles. The number of halogens is 2. The maximum absolute atomic E-state index is 14.8. The molecule has 0 spiro atoms. The first-order valence-corrected chi connectivity index (χ1v) is 12.8. The smallest absolute Gasteiger partial charge is 0.160 e. The number of rotatable bonds is 10. The second kappa shape index (κ2) is 13.2. The normalized spacial score (nSPS) is 12.1. The molecule has 4 aromatic rings. The maximum Gasteiger partial charge on any atom is 0.160 e. The topological polar surface area (TPSA) is 94.7 Å². The summed E-state index contributed by atoms with van der Waals surface area (Å²) < 4.78 is 14.8. The van der Waals surface area contributed by atoms with Crippen LogP contribution < -0.4 is 0 Å². The van der Waals surface area contributed by atoms with Crippen molar-refractivity contribution >= 4 is 34.2 Å². The Morgan fingerprint density at radius 2 is 1.95 bits per heavy atom. The van der Waals surface area contributed by atoms with Gasteiger partial charge in [-0.2, -0.15) is 0 Å². The van der Waals surface area contributed by atoms with E-state index in [1.54, 1.807) is 36.8 Å². The first-order valence-electron chi connectivity index (χ1n) is 12.5. The Morgan fingerprint density at radius 3 is 2.72 bits per heavy atom. The number of pyridine rings is 3. The monoisotopic (exact) mass is 545 g/mol. The molecule has 0 atom stereocenters. The number of aliphatic imine (C=N–C) groups is 1. The van der Waals surface area contributed by atoms with Gasteiger partial charge in [-0.15, -0.1) is 0 Å². The summed E-state index contributed by atoms with van der Waals surface area (Å²) in [5.41, 5.74) is 4.06. The number of hydrogen-bond donors (Lipinski definition) is 2. The predicted octanol–water partition coefficient (Wildman–Crippen LogP) is 5.77. The fourth-order valence-electron chi connectivity index (χ4n) is 4.23. The predicted molar refractivity (Wildman–Crippen MR) is 155 cm³/mol. The number of allylic oxidation sites excluding steroid dienone is 2. The first-order chi connectivity index (χ1) is 18.9. The van der Waals surface area contributed by atoms with E-state index in [1.165, 1.54) is 12.1 Å². The van der Waals surface area contributed by atoms with Gasteiger partial charge in [0.2, 0.25) is 0 Å². The van der Waals surface area contributed by atoms with Gasteiger partial charge in [-0.05, 0) is 67.4 Å². The zero-order valence-electron chi connectivity index (χ0n) is 21.6. The average molecular weight is 546 g/mol.